The van der Waals surface area contributed by atoms with Crippen molar-refractivity contribution >= 4 is 11.6 Å². The summed E-state index contributed by atoms with van der Waals surface area (Å²) < 4.78 is 5.47. The van der Waals surface area contributed by atoms with Crippen LogP contribution in [0.4, 0.5) is 5.69 Å². The van der Waals surface area contributed by atoms with Gasteiger partial charge >= 0.3 is 0 Å². The minimum atomic E-state index is -0.395. The molecule has 0 radical (unpaired) electrons. The van der Waals surface area contributed by atoms with Gasteiger partial charge < -0.3 is 20.3 Å². The number of morpholine rings is 1. The van der Waals surface area contributed by atoms with Crippen LogP contribution in [-0.2, 0) is 16.1 Å². The van der Waals surface area contributed by atoms with Crippen molar-refractivity contribution < 1.29 is 9.53 Å². The normalized spacial score (nSPS) is 23.1. The van der Waals surface area contributed by atoms with E-state index in [4.69, 9.17) is 4.74 Å². The second kappa shape index (κ2) is 8.58. The number of hydrogen-bond acceptors (Lipinski definition) is 5. The molecule has 6 heteroatoms. The van der Waals surface area contributed by atoms with Gasteiger partial charge in [-0.2, -0.15) is 0 Å². The third-order valence-corrected chi connectivity index (χ3v) is 4.76. The Balaban J connectivity index is 1.47. The number of ether oxygens (including phenoxy) is 1. The largest absolute Gasteiger partial charge is 0.366 e. The summed E-state index contributed by atoms with van der Waals surface area (Å²) in [6.45, 7) is 10.9. The molecular formula is C18H28N4O2. The van der Waals surface area contributed by atoms with Gasteiger partial charge in [-0.15, -0.1) is 0 Å². The molecule has 24 heavy (non-hydrogen) atoms. The third kappa shape index (κ3) is 4.77. The second-order valence-corrected chi connectivity index (χ2v) is 6.46. The Kier molecular flexibility index (Phi) is 6.20. The number of carbonyl (C=O) groups excluding carboxylic acids is 1. The zero-order valence-electron chi connectivity index (χ0n) is 14.5. The molecule has 1 aromatic rings. The first kappa shape index (κ1) is 17.4. The lowest BCUT2D eigenvalue weighted by atomic mass is 10.1. The lowest BCUT2D eigenvalue weighted by molar-refractivity contribution is -0.128. The van der Waals surface area contributed by atoms with Crippen LogP contribution in [0.3, 0.4) is 0 Å². The smallest absolute Gasteiger partial charge is 0.254 e. The van der Waals surface area contributed by atoms with Crippen molar-refractivity contribution in [1.29, 1.82) is 0 Å². The molecule has 2 N–H and O–H groups in total. The molecular weight excluding hydrogens is 304 g/mol. The van der Waals surface area contributed by atoms with Gasteiger partial charge in [0.1, 0.15) is 6.10 Å². The Labute approximate surface area is 144 Å². The fourth-order valence-electron chi connectivity index (χ4n) is 3.17. The number of nitrogens with one attached hydrogen (secondary N) is 2. The summed E-state index contributed by atoms with van der Waals surface area (Å²) in [5.74, 6) is -0.0781. The van der Waals surface area contributed by atoms with E-state index >= 15 is 0 Å². The molecule has 0 bridgehead atoms. The molecule has 1 atom stereocenters. The number of amides is 1. The third-order valence-electron chi connectivity index (χ3n) is 4.76. The fourth-order valence-corrected chi connectivity index (χ4v) is 3.17. The van der Waals surface area contributed by atoms with Crippen LogP contribution in [0.15, 0.2) is 24.3 Å². The number of nitrogens with zero attached hydrogens (tertiary/aromatic N) is 2. The Morgan fingerprint density at radius 2 is 1.92 bits per heavy atom. The van der Waals surface area contributed by atoms with E-state index < -0.39 is 6.10 Å². The van der Waals surface area contributed by atoms with Crippen LogP contribution in [-0.4, -0.2) is 74.2 Å². The fraction of sp³-hybridized carbons (Fsp3) is 0.611. The maximum absolute atomic E-state index is 12.1. The van der Waals surface area contributed by atoms with E-state index in [1.807, 2.05) is 12.1 Å². The summed E-state index contributed by atoms with van der Waals surface area (Å²) in [4.78, 5) is 17.1. The number of hydrogen-bond donors (Lipinski definition) is 2. The number of carbonyl (C=O) groups is 1. The molecule has 0 aliphatic carbocycles. The van der Waals surface area contributed by atoms with Gasteiger partial charge in [-0.25, -0.2) is 0 Å². The highest BCUT2D eigenvalue weighted by molar-refractivity contribution is 5.94. The average molecular weight is 332 g/mol. The van der Waals surface area contributed by atoms with Gasteiger partial charge in [0.25, 0.3) is 5.91 Å². The molecule has 6 nitrogen and oxygen atoms in total. The summed E-state index contributed by atoms with van der Waals surface area (Å²) in [6.07, 6.45) is -0.395. The van der Waals surface area contributed by atoms with Gasteiger partial charge in [-0.3, -0.25) is 9.69 Å². The van der Waals surface area contributed by atoms with E-state index in [0.29, 0.717) is 13.2 Å². The van der Waals surface area contributed by atoms with Crippen molar-refractivity contribution in [2.24, 2.45) is 0 Å². The van der Waals surface area contributed by atoms with Crippen LogP contribution in [0.5, 0.6) is 0 Å². The van der Waals surface area contributed by atoms with E-state index in [2.05, 4.69) is 39.5 Å². The molecule has 1 amide bonds. The Hall–Kier alpha value is -1.47. The molecule has 0 aromatic heterocycles. The highest BCUT2D eigenvalue weighted by Crippen LogP contribution is 2.14. The second-order valence-electron chi connectivity index (χ2n) is 6.46. The summed E-state index contributed by atoms with van der Waals surface area (Å²) in [7, 11) is 0. The summed E-state index contributed by atoms with van der Waals surface area (Å²) >= 11 is 0. The topological polar surface area (TPSA) is 56.8 Å². The molecule has 2 fully saturated rings. The number of piperazine rings is 1. The number of likely N-dealkylation sites (N-methyl/N-ethyl adjacent to an activating group) is 1. The molecule has 0 spiro atoms. The minimum absolute atomic E-state index is 0.0781. The Morgan fingerprint density at radius 1 is 1.21 bits per heavy atom. The Bertz CT molecular complexity index is 520. The van der Waals surface area contributed by atoms with Crippen LogP contribution >= 0.6 is 0 Å². The maximum Gasteiger partial charge on any atom is 0.254 e. The van der Waals surface area contributed by atoms with Crippen molar-refractivity contribution in [2.45, 2.75) is 19.6 Å². The predicted octanol–water partition coefficient (Wildman–Crippen LogP) is 0.751. The van der Waals surface area contributed by atoms with Crippen LogP contribution < -0.4 is 10.6 Å². The molecule has 2 heterocycles. The van der Waals surface area contributed by atoms with Crippen molar-refractivity contribution in [3.05, 3.63) is 29.8 Å². The maximum atomic E-state index is 12.1. The summed E-state index contributed by atoms with van der Waals surface area (Å²) in [5, 5.41) is 6.10. The van der Waals surface area contributed by atoms with E-state index in [1.165, 1.54) is 5.56 Å². The number of benzene rings is 1. The number of rotatable bonds is 5. The van der Waals surface area contributed by atoms with E-state index in [1.54, 1.807) is 0 Å². The summed E-state index contributed by atoms with van der Waals surface area (Å²) in [6, 6.07) is 8.15. The molecule has 0 saturated carbocycles. The van der Waals surface area contributed by atoms with Crippen molar-refractivity contribution in [3.8, 4) is 0 Å². The predicted molar refractivity (Wildman–Crippen MR) is 95.1 cm³/mol. The van der Waals surface area contributed by atoms with Gasteiger partial charge in [0.2, 0.25) is 0 Å². The SMILES string of the molecule is CCN1CCN(Cc2ccc(NC(=O)C3CNCCO3)cc2)CC1. The zero-order chi connectivity index (χ0) is 16.8. The molecule has 2 aliphatic rings. The first-order chi connectivity index (χ1) is 11.7. The van der Waals surface area contributed by atoms with Crippen molar-refractivity contribution in [1.82, 2.24) is 15.1 Å². The van der Waals surface area contributed by atoms with E-state index in [0.717, 1.165) is 51.5 Å². The van der Waals surface area contributed by atoms with E-state index in [-0.39, 0.29) is 5.91 Å². The molecule has 132 valence electrons. The number of anilines is 1. The monoisotopic (exact) mass is 332 g/mol. The van der Waals surface area contributed by atoms with E-state index in [9.17, 15) is 4.79 Å². The highest BCUT2D eigenvalue weighted by atomic mass is 16.5. The van der Waals surface area contributed by atoms with Gasteiger partial charge in [-0.05, 0) is 24.2 Å². The van der Waals surface area contributed by atoms with Crippen LogP contribution in [0.2, 0.25) is 0 Å². The van der Waals surface area contributed by atoms with Gasteiger partial charge in [0.05, 0.1) is 6.61 Å². The first-order valence-corrected chi connectivity index (χ1v) is 8.91. The minimum Gasteiger partial charge on any atom is -0.366 e. The molecule has 1 aromatic carbocycles. The highest BCUT2D eigenvalue weighted by Gasteiger charge is 2.21. The lowest BCUT2D eigenvalue weighted by Crippen LogP contribution is -2.45. The molecule has 1 unspecified atom stereocenters. The van der Waals surface area contributed by atoms with Gasteiger partial charge in [0.15, 0.2) is 0 Å². The van der Waals surface area contributed by atoms with Crippen LogP contribution in [0, 0.1) is 0 Å². The Morgan fingerprint density at radius 3 is 2.54 bits per heavy atom. The van der Waals surface area contributed by atoms with Crippen LogP contribution in [0.1, 0.15) is 12.5 Å². The van der Waals surface area contributed by atoms with Crippen LogP contribution in [0.25, 0.3) is 0 Å². The standard InChI is InChI=1S/C18H28N4O2/c1-2-21-8-10-22(11-9-21)14-15-3-5-16(6-4-15)20-18(23)17-13-19-7-12-24-17/h3-6,17,19H,2,7-14H2,1H3,(H,20,23). The molecule has 2 aliphatic heterocycles. The molecule has 2 saturated heterocycles. The quantitative estimate of drug-likeness (QED) is 0.833. The first-order valence-electron chi connectivity index (χ1n) is 8.91. The van der Waals surface area contributed by atoms with Crippen molar-refractivity contribution in [3.63, 3.8) is 0 Å². The van der Waals surface area contributed by atoms with Crippen molar-refractivity contribution in [2.75, 3.05) is 57.7 Å². The summed E-state index contributed by atoms with van der Waals surface area (Å²) in [5.41, 5.74) is 2.11. The zero-order valence-corrected chi connectivity index (χ0v) is 14.5. The molecule has 3 rings (SSSR count). The average Bonchev–Trinajstić information content (AvgIpc) is 2.65. The lowest BCUT2D eigenvalue weighted by Gasteiger charge is -2.34. The van der Waals surface area contributed by atoms with Gasteiger partial charge in [-0.1, -0.05) is 19.1 Å². The van der Waals surface area contributed by atoms with Gasteiger partial charge in [0, 0.05) is 51.5 Å².